The summed E-state index contributed by atoms with van der Waals surface area (Å²) in [6, 6.07) is 16.8. The Bertz CT molecular complexity index is 1400. The minimum Gasteiger partial charge on any atom is -0.394 e. The zero-order valence-electron chi connectivity index (χ0n) is 15.8. The molecule has 1 aromatic carbocycles. The predicted molar refractivity (Wildman–Crippen MR) is 114 cm³/mol. The van der Waals surface area contributed by atoms with E-state index in [2.05, 4.69) is 10.3 Å². The summed E-state index contributed by atoms with van der Waals surface area (Å²) in [5, 5.41) is 13.8. The third-order valence-electron chi connectivity index (χ3n) is 5.01. The van der Waals surface area contributed by atoms with Crippen molar-refractivity contribution in [1.82, 2.24) is 18.9 Å². The second kappa shape index (κ2) is 6.72. The molecule has 4 heterocycles. The highest BCUT2D eigenvalue weighted by atomic mass is 16.3. The van der Waals surface area contributed by atoms with Gasteiger partial charge in [0.15, 0.2) is 5.65 Å². The fourth-order valence-corrected chi connectivity index (χ4v) is 3.61. The lowest BCUT2D eigenvalue weighted by Gasteiger charge is -2.13. The molecule has 0 aliphatic carbocycles. The number of rotatable bonds is 4. The number of nitrogens with one attached hydrogen (secondary N) is 1. The Morgan fingerprint density at radius 1 is 1.07 bits per heavy atom. The number of aliphatic hydroxyl groups is 1. The first-order chi connectivity index (χ1) is 14.2. The lowest BCUT2D eigenvalue weighted by molar-refractivity contribution is 0.281. The van der Waals surface area contributed by atoms with Crippen LogP contribution in [0, 0.1) is 0 Å². The van der Waals surface area contributed by atoms with Gasteiger partial charge in [0.2, 0.25) is 0 Å². The second-order valence-electron chi connectivity index (χ2n) is 7.03. The number of imidazole rings is 1. The molecule has 0 radical (unpaired) electrons. The molecule has 0 saturated carbocycles. The van der Waals surface area contributed by atoms with Crippen LogP contribution < -0.4 is 10.9 Å². The van der Waals surface area contributed by atoms with Gasteiger partial charge in [-0.2, -0.15) is 0 Å². The number of hydrogen-bond donors (Lipinski definition) is 2. The molecule has 2 N–H and O–H groups in total. The first-order valence-electron chi connectivity index (χ1n) is 9.42. The smallest absolute Gasteiger partial charge is 0.264 e. The van der Waals surface area contributed by atoms with E-state index in [1.54, 1.807) is 16.8 Å². The fourth-order valence-electron chi connectivity index (χ4n) is 3.61. The molecule has 5 aromatic rings. The van der Waals surface area contributed by atoms with Gasteiger partial charge in [-0.15, -0.1) is 0 Å². The van der Waals surface area contributed by atoms with E-state index in [4.69, 9.17) is 4.98 Å². The van der Waals surface area contributed by atoms with Crippen LogP contribution in [0.5, 0.6) is 0 Å². The Morgan fingerprint density at radius 2 is 1.86 bits per heavy atom. The van der Waals surface area contributed by atoms with Crippen molar-refractivity contribution >= 4 is 33.4 Å². The number of nitrogens with zero attached hydrogens (tertiary/aromatic N) is 4. The summed E-state index contributed by atoms with van der Waals surface area (Å²) in [4.78, 5) is 22.6. The molecule has 7 heteroatoms. The van der Waals surface area contributed by atoms with Gasteiger partial charge < -0.3 is 10.4 Å². The van der Waals surface area contributed by atoms with E-state index in [0.717, 1.165) is 16.6 Å². The molecule has 0 aliphatic rings. The highest BCUT2D eigenvalue weighted by molar-refractivity contribution is 6.04. The summed E-state index contributed by atoms with van der Waals surface area (Å²) in [5.74, 6) is 0.638. The third kappa shape index (κ3) is 2.75. The Balaban J connectivity index is 1.82. The van der Waals surface area contributed by atoms with Gasteiger partial charge in [0.1, 0.15) is 17.0 Å². The third-order valence-corrected chi connectivity index (χ3v) is 5.01. The quantitative estimate of drug-likeness (QED) is 0.497. The van der Waals surface area contributed by atoms with Crippen molar-refractivity contribution in [2.75, 3.05) is 11.9 Å². The first kappa shape index (κ1) is 17.4. The van der Waals surface area contributed by atoms with Gasteiger partial charge in [-0.3, -0.25) is 13.8 Å². The highest BCUT2D eigenvalue weighted by Gasteiger charge is 2.17. The molecule has 144 valence electrons. The van der Waals surface area contributed by atoms with E-state index in [-0.39, 0.29) is 18.2 Å². The Kier molecular flexibility index (Phi) is 4.03. The first-order valence-corrected chi connectivity index (χ1v) is 9.42. The number of fused-ring (bicyclic) bond motifs is 5. The van der Waals surface area contributed by atoms with Crippen LogP contribution in [-0.4, -0.2) is 36.7 Å². The maximum atomic E-state index is 13.4. The molecule has 0 aliphatic heterocycles. The SMILES string of the molecule is CC(CO)Nc1ccc(-n2c(=O)c3ccccc3c3nc4ccccn4c32)cn1. The van der Waals surface area contributed by atoms with Gasteiger partial charge in [0.05, 0.1) is 18.5 Å². The van der Waals surface area contributed by atoms with Crippen LogP contribution in [0.4, 0.5) is 5.82 Å². The van der Waals surface area contributed by atoms with Gasteiger partial charge >= 0.3 is 0 Å². The van der Waals surface area contributed by atoms with Crippen LogP contribution in [0.3, 0.4) is 0 Å². The standard InChI is InChI=1S/C22H19N5O2/c1-14(13-28)24-18-10-9-15(12-23-18)27-21-20(25-19-8-4-5-11-26(19)21)16-6-2-3-7-17(16)22(27)29/h2-12,14,28H,13H2,1H3,(H,23,24). The summed E-state index contributed by atoms with van der Waals surface area (Å²) in [5.41, 5.74) is 2.77. The van der Waals surface area contributed by atoms with Crippen LogP contribution in [0.1, 0.15) is 6.92 Å². The van der Waals surface area contributed by atoms with Crippen molar-refractivity contribution in [3.05, 3.63) is 77.3 Å². The molecule has 0 fully saturated rings. The van der Waals surface area contributed by atoms with Crippen molar-refractivity contribution in [1.29, 1.82) is 0 Å². The fraction of sp³-hybridized carbons (Fsp3) is 0.136. The number of anilines is 1. The minimum atomic E-state index is -0.120. The predicted octanol–water partition coefficient (Wildman–Crippen LogP) is 2.98. The summed E-state index contributed by atoms with van der Waals surface area (Å²) in [6.45, 7) is 1.88. The van der Waals surface area contributed by atoms with E-state index in [1.807, 2.05) is 66.1 Å². The average molecular weight is 385 g/mol. The maximum absolute atomic E-state index is 13.4. The Morgan fingerprint density at radius 3 is 2.62 bits per heavy atom. The molecule has 0 amide bonds. The van der Waals surface area contributed by atoms with E-state index in [0.29, 0.717) is 22.5 Å². The molecule has 29 heavy (non-hydrogen) atoms. The molecule has 1 atom stereocenters. The summed E-state index contributed by atoms with van der Waals surface area (Å²) in [7, 11) is 0. The maximum Gasteiger partial charge on any atom is 0.264 e. The largest absolute Gasteiger partial charge is 0.394 e. The van der Waals surface area contributed by atoms with Crippen LogP contribution in [0.15, 0.2) is 71.8 Å². The molecular weight excluding hydrogens is 366 g/mol. The molecular formula is C22H19N5O2. The van der Waals surface area contributed by atoms with Gasteiger partial charge in [0, 0.05) is 23.0 Å². The lowest BCUT2D eigenvalue weighted by atomic mass is 10.1. The highest BCUT2D eigenvalue weighted by Crippen LogP contribution is 2.25. The van der Waals surface area contributed by atoms with E-state index in [1.165, 1.54) is 0 Å². The van der Waals surface area contributed by atoms with Gasteiger partial charge in [0.25, 0.3) is 5.56 Å². The summed E-state index contributed by atoms with van der Waals surface area (Å²) < 4.78 is 3.58. The molecule has 7 nitrogen and oxygen atoms in total. The number of aliphatic hydroxyl groups excluding tert-OH is 1. The minimum absolute atomic E-state index is 0.00992. The lowest BCUT2D eigenvalue weighted by Crippen LogP contribution is -2.21. The van der Waals surface area contributed by atoms with Crippen LogP contribution in [0.25, 0.3) is 33.3 Å². The van der Waals surface area contributed by atoms with Gasteiger partial charge in [-0.1, -0.05) is 24.3 Å². The summed E-state index contributed by atoms with van der Waals surface area (Å²) in [6.07, 6.45) is 3.56. The van der Waals surface area contributed by atoms with Gasteiger partial charge in [-0.25, -0.2) is 9.97 Å². The van der Waals surface area contributed by atoms with E-state index >= 15 is 0 Å². The number of benzene rings is 1. The Labute approximate surface area is 165 Å². The number of pyridine rings is 3. The molecule has 0 saturated heterocycles. The van der Waals surface area contributed by atoms with E-state index < -0.39 is 0 Å². The monoisotopic (exact) mass is 385 g/mol. The van der Waals surface area contributed by atoms with Crippen LogP contribution in [0.2, 0.25) is 0 Å². The molecule has 4 aromatic heterocycles. The van der Waals surface area contributed by atoms with Crippen molar-refractivity contribution in [3.63, 3.8) is 0 Å². The van der Waals surface area contributed by atoms with Crippen LogP contribution >= 0.6 is 0 Å². The topological polar surface area (TPSA) is 84.5 Å². The molecule has 5 rings (SSSR count). The normalized spacial score (nSPS) is 12.6. The molecule has 0 spiro atoms. The van der Waals surface area contributed by atoms with Gasteiger partial charge in [-0.05, 0) is 37.3 Å². The molecule has 0 bridgehead atoms. The Hall–Kier alpha value is -3.71. The van der Waals surface area contributed by atoms with Crippen LogP contribution in [-0.2, 0) is 0 Å². The number of aromatic nitrogens is 4. The number of hydrogen-bond acceptors (Lipinski definition) is 5. The zero-order valence-corrected chi connectivity index (χ0v) is 15.8. The average Bonchev–Trinajstić information content (AvgIpc) is 3.14. The summed E-state index contributed by atoms with van der Waals surface area (Å²) >= 11 is 0. The van der Waals surface area contributed by atoms with E-state index in [9.17, 15) is 9.90 Å². The van der Waals surface area contributed by atoms with Crippen molar-refractivity contribution in [3.8, 4) is 5.69 Å². The van der Waals surface area contributed by atoms with Crippen molar-refractivity contribution in [2.24, 2.45) is 0 Å². The zero-order chi connectivity index (χ0) is 20.0. The second-order valence-corrected chi connectivity index (χ2v) is 7.03. The van der Waals surface area contributed by atoms with Crippen molar-refractivity contribution < 1.29 is 5.11 Å². The molecule has 1 unspecified atom stereocenters. The van der Waals surface area contributed by atoms with Crippen molar-refractivity contribution in [2.45, 2.75) is 13.0 Å².